The molecule has 1 rings (SSSR count). The van der Waals surface area contributed by atoms with Crippen LogP contribution >= 0.6 is 0 Å². The highest BCUT2D eigenvalue weighted by Crippen LogP contribution is 2.13. The molecule has 0 spiro atoms. The van der Waals surface area contributed by atoms with Crippen molar-refractivity contribution in [2.45, 2.75) is 5.75 Å². The molecule has 0 saturated heterocycles. The fraction of sp³-hybridized carbons (Fsp3) is 0.273. The number of benzene rings is 1. The smallest absolute Gasteiger partial charge is 0.338 e. The summed E-state index contributed by atoms with van der Waals surface area (Å²) in [6, 6.07) is 2.97. The van der Waals surface area contributed by atoms with E-state index in [0.29, 0.717) is 0 Å². The van der Waals surface area contributed by atoms with Gasteiger partial charge in [0.25, 0.3) is 0 Å². The summed E-state index contributed by atoms with van der Waals surface area (Å²) in [6.45, 7) is 0. The molecule has 8 heteroatoms. The summed E-state index contributed by atoms with van der Waals surface area (Å²) in [4.78, 5) is 21.5. The Hall–Kier alpha value is -1.96. The number of rotatable bonds is 5. The molecule has 0 aliphatic rings. The number of carboxylic acid groups (broad SMARTS) is 1. The largest absolute Gasteiger partial charge is 0.478 e. The lowest BCUT2D eigenvalue weighted by Crippen LogP contribution is -2.19. The minimum Gasteiger partial charge on any atom is -0.478 e. The van der Waals surface area contributed by atoms with Gasteiger partial charge in [0.15, 0.2) is 9.84 Å². The summed E-state index contributed by atoms with van der Waals surface area (Å²) in [5.41, 5.74) is -0.486. The molecular weight excluding hydrogens is 279 g/mol. The van der Waals surface area contributed by atoms with Crippen molar-refractivity contribution in [2.75, 3.05) is 12.9 Å². The Bertz CT molecular complexity index is 608. The van der Waals surface area contributed by atoms with Crippen LogP contribution in [0.2, 0.25) is 0 Å². The van der Waals surface area contributed by atoms with E-state index < -0.39 is 44.7 Å². The number of halogens is 1. The number of methoxy groups -OCH3 is 1. The maximum absolute atomic E-state index is 13.3. The standard InChI is InChI=1S/C11H11FO6S/c1-18-10(13)6-19(16,17)5-7-2-3-8(11(14)15)9(12)4-7/h2-4H,5-6H2,1H3,(H,14,15). The third-order valence-electron chi connectivity index (χ3n) is 2.22. The molecule has 0 aromatic heterocycles. The zero-order valence-corrected chi connectivity index (χ0v) is 10.7. The predicted molar refractivity (Wildman–Crippen MR) is 62.9 cm³/mol. The van der Waals surface area contributed by atoms with Crippen molar-refractivity contribution in [2.24, 2.45) is 0 Å². The van der Waals surface area contributed by atoms with Crippen LogP contribution in [0.1, 0.15) is 15.9 Å². The first kappa shape index (κ1) is 15.1. The lowest BCUT2D eigenvalue weighted by molar-refractivity contribution is -0.137. The number of carbonyl (C=O) groups is 2. The van der Waals surface area contributed by atoms with Gasteiger partial charge in [0.05, 0.1) is 18.4 Å². The fourth-order valence-electron chi connectivity index (χ4n) is 1.37. The molecule has 19 heavy (non-hydrogen) atoms. The number of ether oxygens (including phenoxy) is 1. The van der Waals surface area contributed by atoms with Gasteiger partial charge in [-0.25, -0.2) is 17.6 Å². The van der Waals surface area contributed by atoms with E-state index in [-0.39, 0.29) is 5.56 Å². The predicted octanol–water partition coefficient (Wildman–Crippen LogP) is 0.612. The van der Waals surface area contributed by atoms with Crippen molar-refractivity contribution in [1.29, 1.82) is 0 Å². The topological polar surface area (TPSA) is 97.7 Å². The van der Waals surface area contributed by atoms with Gasteiger partial charge in [-0.2, -0.15) is 0 Å². The molecule has 0 atom stereocenters. The van der Waals surface area contributed by atoms with Gasteiger partial charge >= 0.3 is 11.9 Å². The highest BCUT2D eigenvalue weighted by molar-refractivity contribution is 7.91. The first-order valence-electron chi connectivity index (χ1n) is 5.04. The van der Waals surface area contributed by atoms with E-state index in [4.69, 9.17) is 5.11 Å². The molecule has 0 saturated carbocycles. The summed E-state index contributed by atoms with van der Waals surface area (Å²) in [6.07, 6.45) is 0. The quantitative estimate of drug-likeness (QED) is 0.798. The summed E-state index contributed by atoms with van der Waals surface area (Å²) in [7, 11) is -2.73. The molecule has 1 aromatic carbocycles. The second-order valence-corrected chi connectivity index (χ2v) is 5.79. The Labute approximate surface area is 108 Å². The third-order valence-corrected chi connectivity index (χ3v) is 3.66. The lowest BCUT2D eigenvalue weighted by atomic mass is 10.1. The molecular formula is C11H11FO6S. The minimum absolute atomic E-state index is 0.0615. The van der Waals surface area contributed by atoms with Gasteiger partial charge in [-0.05, 0) is 17.7 Å². The lowest BCUT2D eigenvalue weighted by Gasteiger charge is -2.05. The Balaban J connectivity index is 2.92. The third kappa shape index (κ3) is 4.32. The molecule has 0 bridgehead atoms. The molecule has 1 N–H and O–H groups in total. The van der Waals surface area contributed by atoms with Crippen LogP contribution in [0.5, 0.6) is 0 Å². The number of esters is 1. The molecule has 0 heterocycles. The Kier molecular flexibility index (Phi) is 4.60. The number of aromatic carboxylic acids is 1. The number of hydrogen-bond donors (Lipinski definition) is 1. The van der Waals surface area contributed by atoms with Crippen molar-refractivity contribution in [1.82, 2.24) is 0 Å². The number of sulfone groups is 1. The van der Waals surface area contributed by atoms with Crippen molar-refractivity contribution in [3.05, 3.63) is 35.1 Å². The van der Waals surface area contributed by atoms with E-state index in [0.717, 1.165) is 19.2 Å². The molecule has 0 radical (unpaired) electrons. The van der Waals surface area contributed by atoms with Gasteiger partial charge in [0, 0.05) is 0 Å². The maximum Gasteiger partial charge on any atom is 0.338 e. The van der Waals surface area contributed by atoms with E-state index in [2.05, 4.69) is 4.74 Å². The van der Waals surface area contributed by atoms with Crippen LogP contribution in [0.3, 0.4) is 0 Å². The van der Waals surface area contributed by atoms with E-state index >= 15 is 0 Å². The van der Waals surface area contributed by atoms with Gasteiger partial charge in [-0.3, -0.25) is 4.79 Å². The SMILES string of the molecule is COC(=O)CS(=O)(=O)Cc1ccc(C(=O)O)c(F)c1. The maximum atomic E-state index is 13.3. The van der Waals surface area contributed by atoms with Crippen LogP contribution < -0.4 is 0 Å². The summed E-state index contributed by atoms with van der Waals surface area (Å²) in [5.74, 6) is -4.77. The van der Waals surface area contributed by atoms with Crippen LogP contribution in [-0.2, 0) is 25.1 Å². The average Bonchev–Trinajstić information content (AvgIpc) is 2.26. The minimum atomic E-state index is -3.78. The molecule has 0 unspecified atom stereocenters. The summed E-state index contributed by atoms with van der Waals surface area (Å²) >= 11 is 0. The first-order chi connectivity index (χ1) is 8.75. The van der Waals surface area contributed by atoms with E-state index in [1.165, 1.54) is 6.07 Å². The van der Waals surface area contributed by atoms with Crippen molar-refractivity contribution in [3.63, 3.8) is 0 Å². The molecule has 1 aromatic rings. The average molecular weight is 290 g/mol. The first-order valence-corrected chi connectivity index (χ1v) is 6.86. The molecule has 0 amide bonds. The Morgan fingerprint density at radius 1 is 1.37 bits per heavy atom. The van der Waals surface area contributed by atoms with Crippen LogP contribution in [-0.4, -0.2) is 38.3 Å². The second kappa shape index (κ2) is 5.79. The van der Waals surface area contributed by atoms with Crippen molar-refractivity contribution in [3.8, 4) is 0 Å². The van der Waals surface area contributed by atoms with Crippen LogP contribution in [0, 0.1) is 5.82 Å². The Morgan fingerprint density at radius 2 is 2.00 bits per heavy atom. The monoisotopic (exact) mass is 290 g/mol. The van der Waals surface area contributed by atoms with E-state index in [9.17, 15) is 22.4 Å². The number of carbonyl (C=O) groups excluding carboxylic acids is 1. The Morgan fingerprint density at radius 3 is 2.47 bits per heavy atom. The van der Waals surface area contributed by atoms with Crippen molar-refractivity contribution < 1.29 is 32.2 Å². The summed E-state index contributed by atoms with van der Waals surface area (Å²) in [5, 5.41) is 8.62. The molecule has 0 aliphatic heterocycles. The van der Waals surface area contributed by atoms with E-state index in [1.807, 2.05) is 0 Å². The molecule has 0 aliphatic carbocycles. The molecule has 6 nitrogen and oxygen atoms in total. The fourth-order valence-corrected chi connectivity index (χ4v) is 2.63. The molecule has 0 fully saturated rings. The van der Waals surface area contributed by atoms with Gasteiger partial charge in [0.1, 0.15) is 11.6 Å². The van der Waals surface area contributed by atoms with Crippen LogP contribution in [0.25, 0.3) is 0 Å². The normalized spacial score (nSPS) is 11.1. The number of carboxylic acids is 1. The van der Waals surface area contributed by atoms with E-state index in [1.54, 1.807) is 0 Å². The second-order valence-electron chi connectivity index (χ2n) is 3.73. The van der Waals surface area contributed by atoms with Gasteiger partial charge < -0.3 is 9.84 Å². The highest BCUT2D eigenvalue weighted by atomic mass is 32.2. The van der Waals surface area contributed by atoms with Gasteiger partial charge in [-0.15, -0.1) is 0 Å². The number of hydrogen-bond acceptors (Lipinski definition) is 5. The zero-order chi connectivity index (χ0) is 14.6. The van der Waals surface area contributed by atoms with Crippen molar-refractivity contribution >= 4 is 21.8 Å². The summed E-state index contributed by atoms with van der Waals surface area (Å²) < 4.78 is 40.7. The van der Waals surface area contributed by atoms with Crippen LogP contribution in [0.4, 0.5) is 4.39 Å². The van der Waals surface area contributed by atoms with Gasteiger partial charge in [-0.1, -0.05) is 6.07 Å². The van der Waals surface area contributed by atoms with Gasteiger partial charge in [0.2, 0.25) is 0 Å². The highest BCUT2D eigenvalue weighted by Gasteiger charge is 2.19. The van der Waals surface area contributed by atoms with Crippen LogP contribution in [0.15, 0.2) is 18.2 Å². The zero-order valence-electron chi connectivity index (χ0n) is 9.92. The molecule has 104 valence electrons.